The Balaban J connectivity index is 1.39. The molecule has 0 amide bonds. The summed E-state index contributed by atoms with van der Waals surface area (Å²) >= 11 is 0. The number of nitrogens with zero attached hydrogens (tertiary/aromatic N) is 4. The molecule has 8 heteroatoms. The van der Waals surface area contributed by atoms with E-state index in [4.69, 9.17) is 20.0 Å². The third-order valence-electron chi connectivity index (χ3n) is 7.10. The Labute approximate surface area is 239 Å². The lowest BCUT2D eigenvalue weighted by Crippen LogP contribution is -2.02. The maximum absolute atomic E-state index is 11.4. The van der Waals surface area contributed by atoms with Crippen LogP contribution in [-0.4, -0.2) is 45.0 Å². The number of carboxylic acid groups (broad SMARTS) is 2. The van der Waals surface area contributed by atoms with Crippen LogP contribution in [0.15, 0.2) is 152 Å². The molecule has 0 spiro atoms. The van der Waals surface area contributed by atoms with Crippen molar-refractivity contribution in [3.05, 3.63) is 154 Å². The fourth-order valence-electron chi connectivity index (χ4n) is 5.11. The van der Waals surface area contributed by atoms with E-state index in [0.717, 1.165) is 22.3 Å². The molecule has 7 rings (SSSR count). The minimum Gasteiger partial charge on any atom is -0.478 e. The normalized spacial score (nSPS) is 18.2. The van der Waals surface area contributed by atoms with E-state index in [1.165, 1.54) is 0 Å². The molecule has 200 valence electrons. The van der Waals surface area contributed by atoms with Crippen molar-refractivity contribution in [3.8, 4) is 0 Å². The lowest BCUT2D eigenvalue weighted by atomic mass is 9.97. The highest BCUT2D eigenvalue weighted by Gasteiger charge is 2.22. The van der Waals surface area contributed by atoms with Crippen LogP contribution in [0.25, 0.3) is 11.1 Å². The molecule has 5 heterocycles. The number of aliphatic imine (C=N–C) groups is 4. The Kier molecular flexibility index (Phi) is 5.87. The Morgan fingerprint density at radius 3 is 1.26 bits per heavy atom. The first-order valence-corrected chi connectivity index (χ1v) is 13.1. The quantitative estimate of drug-likeness (QED) is 0.484. The van der Waals surface area contributed by atoms with E-state index in [1.54, 1.807) is 48.5 Å². The van der Waals surface area contributed by atoms with Gasteiger partial charge in [-0.05, 0) is 96.2 Å². The van der Waals surface area contributed by atoms with Gasteiger partial charge in [0.2, 0.25) is 0 Å². The Morgan fingerprint density at radius 1 is 0.476 bits per heavy atom. The van der Waals surface area contributed by atoms with Gasteiger partial charge in [0.15, 0.2) is 0 Å². The number of allylic oxidation sites excluding steroid dienone is 12. The molecule has 8 bridgehead atoms. The number of carboxylic acids is 2. The lowest BCUT2D eigenvalue weighted by Gasteiger charge is -2.10. The minimum absolute atomic E-state index is 0.201. The topological polar surface area (TPSA) is 124 Å². The predicted molar refractivity (Wildman–Crippen MR) is 163 cm³/mol. The number of hydrogen-bond donors (Lipinski definition) is 2. The molecule has 0 unspecified atom stereocenters. The molecule has 0 saturated carbocycles. The van der Waals surface area contributed by atoms with Crippen molar-refractivity contribution in [1.29, 1.82) is 0 Å². The number of aromatic carboxylic acids is 2. The molecule has 0 aromatic heterocycles. The summed E-state index contributed by atoms with van der Waals surface area (Å²) in [6.07, 6.45) is 19.1. The van der Waals surface area contributed by atoms with Gasteiger partial charge in [0.25, 0.3) is 0 Å². The summed E-state index contributed by atoms with van der Waals surface area (Å²) in [6.45, 7) is 0. The molecule has 0 radical (unpaired) electrons. The van der Waals surface area contributed by atoms with Crippen LogP contribution in [0.5, 0.6) is 0 Å². The number of hydrogen-bond acceptors (Lipinski definition) is 6. The van der Waals surface area contributed by atoms with E-state index in [-0.39, 0.29) is 11.1 Å². The van der Waals surface area contributed by atoms with Crippen LogP contribution in [0.3, 0.4) is 0 Å². The lowest BCUT2D eigenvalue weighted by molar-refractivity contribution is 0.0686. The molecule has 5 aliphatic rings. The second-order valence-corrected chi connectivity index (χ2v) is 9.82. The second kappa shape index (κ2) is 9.87. The van der Waals surface area contributed by atoms with E-state index < -0.39 is 11.9 Å². The highest BCUT2D eigenvalue weighted by atomic mass is 16.4. The van der Waals surface area contributed by atoms with Gasteiger partial charge in [-0.1, -0.05) is 24.3 Å². The Bertz CT molecular complexity index is 1840. The van der Waals surface area contributed by atoms with E-state index >= 15 is 0 Å². The summed E-state index contributed by atoms with van der Waals surface area (Å²) in [6, 6.07) is 13.4. The van der Waals surface area contributed by atoms with Crippen LogP contribution in [0.1, 0.15) is 31.8 Å². The highest BCUT2D eigenvalue weighted by molar-refractivity contribution is 6.34. The summed E-state index contributed by atoms with van der Waals surface area (Å²) in [4.78, 5) is 42.3. The van der Waals surface area contributed by atoms with Crippen LogP contribution in [0.4, 0.5) is 0 Å². The minimum atomic E-state index is -0.989. The van der Waals surface area contributed by atoms with Gasteiger partial charge in [0.1, 0.15) is 0 Å². The first-order chi connectivity index (χ1) is 20.4. The van der Waals surface area contributed by atoms with Gasteiger partial charge in [-0.3, -0.25) is 0 Å². The largest absolute Gasteiger partial charge is 0.478 e. The molecule has 2 aromatic carbocycles. The highest BCUT2D eigenvalue weighted by Crippen LogP contribution is 2.32. The van der Waals surface area contributed by atoms with Crippen LogP contribution in [0.2, 0.25) is 0 Å². The summed E-state index contributed by atoms with van der Waals surface area (Å²) < 4.78 is 0. The molecular weight excluding hydrogens is 528 g/mol. The molecule has 0 atom stereocenters. The molecule has 0 fully saturated rings. The number of fused-ring (bicyclic) bond motifs is 4. The first-order valence-electron chi connectivity index (χ1n) is 13.1. The number of rotatable bonds is 4. The number of carbonyl (C=O) groups is 2. The summed E-state index contributed by atoms with van der Waals surface area (Å²) in [5, 5.41) is 18.7. The van der Waals surface area contributed by atoms with Crippen molar-refractivity contribution >= 4 is 45.9 Å². The van der Waals surface area contributed by atoms with Gasteiger partial charge in [0, 0.05) is 11.1 Å². The van der Waals surface area contributed by atoms with Crippen molar-refractivity contribution in [2.75, 3.05) is 0 Å². The molecule has 0 aliphatic carbocycles. The zero-order valence-corrected chi connectivity index (χ0v) is 21.9. The molecule has 0 saturated heterocycles. The van der Waals surface area contributed by atoms with Gasteiger partial charge < -0.3 is 10.2 Å². The van der Waals surface area contributed by atoms with Gasteiger partial charge in [-0.15, -0.1) is 0 Å². The van der Waals surface area contributed by atoms with Crippen LogP contribution in [0, 0.1) is 0 Å². The first kappa shape index (κ1) is 25.0. The van der Waals surface area contributed by atoms with Gasteiger partial charge in [-0.2, -0.15) is 0 Å². The summed E-state index contributed by atoms with van der Waals surface area (Å²) in [5.74, 6) is -1.98. The molecule has 2 N–H and O–H groups in total. The fraction of sp³-hybridized carbons (Fsp3) is 0. The van der Waals surface area contributed by atoms with Crippen LogP contribution >= 0.6 is 0 Å². The predicted octanol–water partition coefficient (Wildman–Crippen LogP) is 6.03. The van der Waals surface area contributed by atoms with Crippen molar-refractivity contribution in [2.24, 2.45) is 20.0 Å². The molecule has 5 aliphatic heterocycles. The second-order valence-electron chi connectivity index (χ2n) is 9.82. The van der Waals surface area contributed by atoms with Crippen LogP contribution in [-0.2, 0) is 0 Å². The molecule has 8 nitrogen and oxygen atoms in total. The van der Waals surface area contributed by atoms with Crippen molar-refractivity contribution in [1.82, 2.24) is 0 Å². The van der Waals surface area contributed by atoms with Crippen LogP contribution < -0.4 is 0 Å². The SMILES string of the molecule is O=C(O)c1ccc(C2=C3C=CC(=N3)C=C3C=CC(=N3)C(c3ccc(C(=O)O)cc3)=C3C=CC(=N3)C=C3C=CC2=N3)cc1. The Morgan fingerprint density at radius 2 is 0.881 bits per heavy atom. The van der Waals surface area contributed by atoms with E-state index in [0.29, 0.717) is 45.6 Å². The zero-order valence-electron chi connectivity index (χ0n) is 21.9. The van der Waals surface area contributed by atoms with E-state index in [2.05, 4.69) is 0 Å². The van der Waals surface area contributed by atoms with Crippen molar-refractivity contribution in [2.45, 2.75) is 0 Å². The summed E-state index contributed by atoms with van der Waals surface area (Å²) in [5.41, 5.74) is 9.20. The van der Waals surface area contributed by atoms with Gasteiger partial charge in [-0.25, -0.2) is 29.6 Å². The monoisotopic (exact) mass is 548 g/mol. The maximum Gasteiger partial charge on any atom is 0.335 e. The molecular formula is C34H20N4O4. The third kappa shape index (κ3) is 4.56. The average Bonchev–Trinajstić information content (AvgIpc) is 3.80. The standard InChI is InChI=1S/C34H20N4O4/c39-33(40)21-5-1-19(2-6-21)31-27-13-9-23(35-27)17-25-11-15-29(37-25)32(20-3-7-22(8-4-20)34(41)42)30-16-12-26(38-30)18-24-10-14-28(31)36-24/h1-18H,(H,39,40)(H,41,42). The number of benzene rings is 2. The van der Waals surface area contributed by atoms with E-state index in [1.807, 2.05) is 60.8 Å². The third-order valence-corrected chi connectivity index (χ3v) is 7.10. The maximum atomic E-state index is 11.4. The molecule has 2 aromatic rings. The smallest absolute Gasteiger partial charge is 0.335 e. The zero-order chi connectivity index (χ0) is 28.8. The Hall–Kier alpha value is -6.02. The average molecular weight is 549 g/mol. The van der Waals surface area contributed by atoms with Crippen molar-refractivity contribution < 1.29 is 19.8 Å². The van der Waals surface area contributed by atoms with Gasteiger partial charge >= 0.3 is 11.9 Å². The van der Waals surface area contributed by atoms with E-state index in [9.17, 15) is 19.8 Å². The fourth-order valence-corrected chi connectivity index (χ4v) is 5.11. The van der Waals surface area contributed by atoms with Crippen molar-refractivity contribution in [3.63, 3.8) is 0 Å². The molecule has 42 heavy (non-hydrogen) atoms. The summed E-state index contributed by atoms with van der Waals surface area (Å²) in [7, 11) is 0. The van der Waals surface area contributed by atoms with Gasteiger partial charge in [0.05, 0.1) is 56.8 Å².